The SMILES string of the molecule is O=C(c1csc2nc(-c3ccccc3)cn12)N1C[C@@H](O)[C@H](N2CCOCC2)C1. The number of β-amino-alcohol motifs (C(OH)–C–C–N with tert-alkyl or cyclic N) is 1. The van der Waals surface area contributed by atoms with Crippen LogP contribution in [0.3, 0.4) is 0 Å². The van der Waals surface area contributed by atoms with E-state index in [0.29, 0.717) is 32.0 Å². The fourth-order valence-corrected chi connectivity index (χ4v) is 4.90. The first-order valence-electron chi connectivity index (χ1n) is 9.52. The first kappa shape index (κ1) is 17.8. The molecule has 1 amide bonds. The molecule has 0 bridgehead atoms. The van der Waals surface area contributed by atoms with Gasteiger partial charge in [-0.05, 0) is 0 Å². The number of hydrogen-bond donors (Lipinski definition) is 1. The Hall–Kier alpha value is -2.26. The number of amides is 1. The van der Waals surface area contributed by atoms with Gasteiger partial charge in [-0.1, -0.05) is 30.3 Å². The van der Waals surface area contributed by atoms with Gasteiger partial charge in [-0.25, -0.2) is 4.98 Å². The van der Waals surface area contributed by atoms with Gasteiger partial charge in [0.25, 0.3) is 5.91 Å². The van der Waals surface area contributed by atoms with Crippen LogP contribution in [0.1, 0.15) is 10.5 Å². The molecule has 2 saturated heterocycles. The number of aliphatic hydroxyl groups is 1. The van der Waals surface area contributed by atoms with Crippen molar-refractivity contribution in [1.29, 1.82) is 0 Å². The van der Waals surface area contributed by atoms with Crippen LogP contribution in [-0.4, -0.2) is 81.7 Å². The standard InChI is InChI=1S/C20H22N4O3S/c25-18-12-23(11-16(18)22-6-8-27-9-7-22)19(26)17-13-28-20-21-15(10-24(17)20)14-4-2-1-3-5-14/h1-5,10,13,16,18,25H,6-9,11-12H2/t16-,18-/m1/s1. The Morgan fingerprint density at radius 3 is 2.75 bits per heavy atom. The molecule has 0 unspecified atom stereocenters. The molecule has 0 saturated carbocycles. The molecule has 0 aliphatic carbocycles. The lowest BCUT2D eigenvalue weighted by atomic mass is 10.1. The van der Waals surface area contributed by atoms with Crippen molar-refractivity contribution < 1.29 is 14.6 Å². The highest BCUT2D eigenvalue weighted by atomic mass is 32.1. The van der Waals surface area contributed by atoms with Gasteiger partial charge in [0.05, 0.1) is 31.1 Å². The number of hydrogen-bond acceptors (Lipinski definition) is 6. The molecule has 4 heterocycles. The summed E-state index contributed by atoms with van der Waals surface area (Å²) in [5.41, 5.74) is 2.49. The van der Waals surface area contributed by atoms with Crippen LogP contribution in [0.5, 0.6) is 0 Å². The molecular formula is C20H22N4O3S. The molecule has 2 aliphatic rings. The van der Waals surface area contributed by atoms with Gasteiger partial charge in [-0.2, -0.15) is 0 Å². The molecular weight excluding hydrogens is 376 g/mol. The molecule has 1 aromatic carbocycles. The molecule has 0 spiro atoms. The maximum Gasteiger partial charge on any atom is 0.271 e. The number of fused-ring (bicyclic) bond motifs is 1. The van der Waals surface area contributed by atoms with Crippen LogP contribution >= 0.6 is 11.3 Å². The summed E-state index contributed by atoms with van der Waals surface area (Å²) in [7, 11) is 0. The number of morpholine rings is 1. The Kier molecular flexibility index (Phi) is 4.64. The van der Waals surface area contributed by atoms with Gasteiger partial charge in [0.2, 0.25) is 0 Å². The molecule has 146 valence electrons. The van der Waals surface area contributed by atoms with E-state index in [1.807, 2.05) is 46.3 Å². The lowest BCUT2D eigenvalue weighted by Gasteiger charge is -2.33. The largest absolute Gasteiger partial charge is 0.390 e. The highest BCUT2D eigenvalue weighted by Gasteiger charge is 2.39. The average molecular weight is 398 g/mol. The van der Waals surface area contributed by atoms with Crippen molar-refractivity contribution in [3.05, 3.63) is 47.6 Å². The lowest BCUT2D eigenvalue weighted by Crippen LogP contribution is -2.49. The summed E-state index contributed by atoms with van der Waals surface area (Å²) in [6, 6.07) is 9.93. The summed E-state index contributed by atoms with van der Waals surface area (Å²) in [4.78, 5) is 22.6. The summed E-state index contributed by atoms with van der Waals surface area (Å²) >= 11 is 1.46. The average Bonchev–Trinajstić information content (AvgIpc) is 3.43. The number of benzene rings is 1. The fourth-order valence-electron chi connectivity index (χ4n) is 4.05. The zero-order chi connectivity index (χ0) is 19.1. The molecule has 2 atom stereocenters. The van der Waals surface area contributed by atoms with Crippen LogP contribution < -0.4 is 0 Å². The van der Waals surface area contributed by atoms with Crippen LogP contribution in [0.25, 0.3) is 16.2 Å². The van der Waals surface area contributed by atoms with Gasteiger partial charge in [0.1, 0.15) is 5.69 Å². The van der Waals surface area contributed by atoms with E-state index < -0.39 is 6.10 Å². The zero-order valence-electron chi connectivity index (χ0n) is 15.4. The van der Waals surface area contributed by atoms with Crippen LogP contribution in [0.4, 0.5) is 0 Å². The predicted molar refractivity (Wildman–Crippen MR) is 107 cm³/mol. The summed E-state index contributed by atoms with van der Waals surface area (Å²) in [5, 5.41) is 12.4. The molecule has 5 rings (SSSR count). The predicted octanol–water partition coefficient (Wildman–Crippen LogP) is 1.58. The van der Waals surface area contributed by atoms with E-state index in [4.69, 9.17) is 4.74 Å². The van der Waals surface area contributed by atoms with Gasteiger partial charge in [-0.3, -0.25) is 14.1 Å². The highest BCUT2D eigenvalue weighted by molar-refractivity contribution is 7.15. The number of carbonyl (C=O) groups excluding carboxylic acids is 1. The van der Waals surface area contributed by atoms with Crippen LogP contribution in [0.15, 0.2) is 41.9 Å². The van der Waals surface area contributed by atoms with Crippen LogP contribution in [0.2, 0.25) is 0 Å². The highest BCUT2D eigenvalue weighted by Crippen LogP contribution is 2.26. The third kappa shape index (κ3) is 3.12. The van der Waals surface area contributed by atoms with Crippen LogP contribution in [-0.2, 0) is 4.74 Å². The number of carbonyl (C=O) groups is 1. The lowest BCUT2D eigenvalue weighted by molar-refractivity contribution is -0.00611. The number of likely N-dealkylation sites (tertiary alicyclic amines) is 1. The van der Waals surface area contributed by atoms with Crippen LogP contribution in [0, 0.1) is 0 Å². The maximum absolute atomic E-state index is 13.2. The smallest absolute Gasteiger partial charge is 0.271 e. The number of rotatable bonds is 3. The third-order valence-electron chi connectivity index (χ3n) is 5.56. The third-order valence-corrected chi connectivity index (χ3v) is 6.40. The number of imidazole rings is 1. The number of thiazole rings is 1. The van der Waals surface area contributed by atoms with Gasteiger partial charge < -0.3 is 14.7 Å². The quantitative estimate of drug-likeness (QED) is 0.725. The van der Waals surface area contributed by atoms with Crippen molar-refractivity contribution >= 4 is 22.2 Å². The summed E-state index contributed by atoms with van der Waals surface area (Å²) in [6.07, 6.45) is 1.39. The fraction of sp³-hybridized carbons (Fsp3) is 0.400. The molecule has 2 aromatic heterocycles. The first-order valence-corrected chi connectivity index (χ1v) is 10.4. The second-order valence-electron chi connectivity index (χ2n) is 7.26. The van der Waals surface area contributed by atoms with E-state index in [0.717, 1.165) is 29.3 Å². The number of ether oxygens (including phenoxy) is 1. The second kappa shape index (κ2) is 7.29. The molecule has 28 heavy (non-hydrogen) atoms. The Labute approximate surface area is 166 Å². The van der Waals surface area contributed by atoms with Crippen molar-refractivity contribution in [2.75, 3.05) is 39.4 Å². The Morgan fingerprint density at radius 2 is 1.96 bits per heavy atom. The monoisotopic (exact) mass is 398 g/mol. The molecule has 1 N–H and O–H groups in total. The van der Waals surface area contributed by atoms with Gasteiger partial charge in [0.15, 0.2) is 4.96 Å². The Morgan fingerprint density at radius 1 is 1.18 bits per heavy atom. The summed E-state index contributed by atoms with van der Waals surface area (Å²) in [5.74, 6) is -0.0573. The molecule has 7 nitrogen and oxygen atoms in total. The first-order chi connectivity index (χ1) is 13.7. The van der Waals surface area contributed by atoms with Gasteiger partial charge >= 0.3 is 0 Å². The van der Waals surface area contributed by atoms with Crippen molar-refractivity contribution in [2.24, 2.45) is 0 Å². The maximum atomic E-state index is 13.2. The number of nitrogens with zero attached hydrogens (tertiary/aromatic N) is 4. The molecule has 2 aliphatic heterocycles. The minimum absolute atomic E-state index is 0.0235. The molecule has 2 fully saturated rings. The number of aliphatic hydroxyl groups excluding tert-OH is 1. The Bertz CT molecular complexity index is 980. The molecule has 8 heteroatoms. The minimum Gasteiger partial charge on any atom is -0.390 e. The zero-order valence-corrected chi connectivity index (χ0v) is 16.2. The van der Waals surface area contributed by atoms with E-state index in [1.165, 1.54) is 11.3 Å². The second-order valence-corrected chi connectivity index (χ2v) is 8.10. The summed E-state index contributed by atoms with van der Waals surface area (Å²) < 4.78 is 7.27. The van der Waals surface area contributed by atoms with E-state index >= 15 is 0 Å². The van der Waals surface area contributed by atoms with E-state index in [1.54, 1.807) is 4.90 Å². The topological polar surface area (TPSA) is 70.3 Å². The van der Waals surface area contributed by atoms with Gasteiger partial charge in [0, 0.05) is 43.3 Å². The Balaban J connectivity index is 1.38. The normalized spacial score (nSPS) is 23.5. The van der Waals surface area contributed by atoms with Crippen molar-refractivity contribution in [1.82, 2.24) is 19.2 Å². The summed E-state index contributed by atoms with van der Waals surface area (Å²) in [6.45, 7) is 3.86. The van der Waals surface area contributed by atoms with Crippen molar-refractivity contribution in [3.63, 3.8) is 0 Å². The van der Waals surface area contributed by atoms with Crippen molar-refractivity contribution in [3.8, 4) is 11.3 Å². The van der Waals surface area contributed by atoms with Crippen molar-refractivity contribution in [2.45, 2.75) is 12.1 Å². The van der Waals surface area contributed by atoms with E-state index in [-0.39, 0.29) is 11.9 Å². The molecule has 0 radical (unpaired) electrons. The van der Waals surface area contributed by atoms with E-state index in [9.17, 15) is 9.90 Å². The van der Waals surface area contributed by atoms with Gasteiger partial charge in [-0.15, -0.1) is 11.3 Å². The minimum atomic E-state index is -0.529. The molecule has 3 aromatic rings. The van der Waals surface area contributed by atoms with E-state index in [2.05, 4.69) is 9.88 Å². The number of aromatic nitrogens is 2.